The van der Waals surface area contributed by atoms with Crippen molar-refractivity contribution in [3.63, 3.8) is 0 Å². The second kappa shape index (κ2) is 7.50. The number of H-pyrrole nitrogens is 1. The third-order valence-electron chi connectivity index (χ3n) is 7.76. The number of carbonyl (C=O) groups is 1. The van der Waals surface area contributed by atoms with E-state index in [1.165, 1.54) is 16.5 Å². The van der Waals surface area contributed by atoms with E-state index in [2.05, 4.69) is 74.8 Å². The molecule has 7 rings (SSSR count). The van der Waals surface area contributed by atoms with Gasteiger partial charge in [-0.3, -0.25) is 4.79 Å². The van der Waals surface area contributed by atoms with Crippen molar-refractivity contribution in [1.29, 1.82) is 0 Å². The van der Waals surface area contributed by atoms with E-state index in [1.54, 1.807) is 0 Å². The Hall–Kier alpha value is -2.63. The van der Waals surface area contributed by atoms with Crippen LogP contribution in [0.5, 0.6) is 0 Å². The third kappa shape index (κ3) is 3.27. The minimum Gasteiger partial charge on any atom is -0.361 e. The number of aromatic amines is 1. The molecule has 2 N–H and O–H groups in total. The van der Waals surface area contributed by atoms with Crippen LogP contribution in [-0.2, 0) is 16.6 Å². The predicted molar refractivity (Wildman–Crippen MR) is 123 cm³/mol. The first-order valence-corrected chi connectivity index (χ1v) is 11.6. The van der Waals surface area contributed by atoms with Gasteiger partial charge in [0.25, 0.3) is 0 Å². The minimum atomic E-state index is -0.0185. The Balaban J connectivity index is 1.24. The summed E-state index contributed by atoms with van der Waals surface area (Å²) in [7, 11) is 0. The summed E-state index contributed by atoms with van der Waals surface area (Å²) in [6.45, 7) is 6.56. The van der Waals surface area contributed by atoms with Crippen molar-refractivity contribution in [1.82, 2.24) is 20.1 Å². The molecule has 4 bridgehead atoms. The molecule has 4 aliphatic heterocycles. The highest BCUT2D eigenvalue weighted by Gasteiger charge is 2.55. The zero-order valence-corrected chi connectivity index (χ0v) is 17.9. The number of carbonyl (C=O) groups excluding carboxylic acids is 1. The first kappa shape index (κ1) is 19.1. The standard InChI is InChI=1S/C26H30N4O/c31-24(11-10-19-14-27-23-9-5-4-8-22(19)23)28-25-20-15-29-12-13-30(16-20)18-26(25,17-29)21-6-2-1-3-7-21/h1-9,14,20,25,27H,10-13,15-18H2,(H,28,31). The Morgan fingerprint density at radius 3 is 2.48 bits per heavy atom. The molecule has 4 aliphatic rings. The van der Waals surface area contributed by atoms with Crippen molar-refractivity contribution in [2.75, 3.05) is 39.3 Å². The molecule has 31 heavy (non-hydrogen) atoms. The van der Waals surface area contributed by atoms with Gasteiger partial charge in [0, 0.05) is 80.2 Å². The van der Waals surface area contributed by atoms with Gasteiger partial charge in [0.2, 0.25) is 5.91 Å². The number of nitrogens with one attached hydrogen (secondary N) is 2. The van der Waals surface area contributed by atoms with E-state index < -0.39 is 0 Å². The number of rotatable bonds is 5. The van der Waals surface area contributed by atoms with Crippen LogP contribution in [0, 0.1) is 5.92 Å². The zero-order valence-electron chi connectivity index (χ0n) is 17.9. The van der Waals surface area contributed by atoms with Gasteiger partial charge in [0.15, 0.2) is 0 Å². The van der Waals surface area contributed by atoms with Gasteiger partial charge in [0.1, 0.15) is 0 Å². The number of benzene rings is 2. The van der Waals surface area contributed by atoms with Crippen molar-refractivity contribution in [3.8, 4) is 0 Å². The van der Waals surface area contributed by atoms with Gasteiger partial charge >= 0.3 is 0 Å². The summed E-state index contributed by atoms with van der Waals surface area (Å²) in [6, 6.07) is 19.4. The van der Waals surface area contributed by atoms with Gasteiger partial charge in [-0.1, -0.05) is 48.5 Å². The molecule has 1 aromatic heterocycles. The monoisotopic (exact) mass is 414 g/mol. The highest BCUT2D eigenvalue weighted by atomic mass is 16.1. The lowest BCUT2D eigenvalue weighted by atomic mass is 9.64. The average Bonchev–Trinajstić information content (AvgIpc) is 3.04. The first-order chi connectivity index (χ1) is 15.2. The highest BCUT2D eigenvalue weighted by molar-refractivity contribution is 5.84. The van der Waals surface area contributed by atoms with E-state index in [9.17, 15) is 4.79 Å². The van der Waals surface area contributed by atoms with Crippen molar-refractivity contribution in [2.24, 2.45) is 5.92 Å². The molecule has 4 fully saturated rings. The maximum Gasteiger partial charge on any atom is 0.220 e. The van der Waals surface area contributed by atoms with Crippen molar-refractivity contribution in [2.45, 2.75) is 24.3 Å². The molecule has 160 valence electrons. The number of amides is 1. The lowest BCUT2D eigenvalue weighted by molar-refractivity contribution is -0.124. The normalized spacial score (nSPS) is 31.6. The second-order valence-corrected chi connectivity index (χ2v) is 9.66. The number of hydrogen-bond donors (Lipinski definition) is 2. The molecule has 0 saturated carbocycles. The Kier molecular flexibility index (Phi) is 4.62. The maximum absolute atomic E-state index is 13.2. The molecule has 5 nitrogen and oxygen atoms in total. The average molecular weight is 415 g/mol. The Bertz CT molecular complexity index is 1070. The lowest BCUT2D eigenvalue weighted by Crippen LogP contribution is -2.70. The van der Waals surface area contributed by atoms with E-state index in [0.717, 1.165) is 51.2 Å². The van der Waals surface area contributed by atoms with Crippen LogP contribution in [0.25, 0.3) is 10.9 Å². The smallest absolute Gasteiger partial charge is 0.220 e. The quantitative estimate of drug-likeness (QED) is 0.675. The fourth-order valence-electron chi connectivity index (χ4n) is 6.40. The van der Waals surface area contributed by atoms with Gasteiger partial charge in [-0.15, -0.1) is 0 Å². The molecule has 3 atom stereocenters. The summed E-state index contributed by atoms with van der Waals surface area (Å²) < 4.78 is 0. The number of aryl methyl sites for hydroxylation is 1. The topological polar surface area (TPSA) is 51.4 Å². The van der Waals surface area contributed by atoms with E-state index in [-0.39, 0.29) is 17.4 Å². The SMILES string of the molecule is O=C(CCc1c[nH]c2ccccc12)NC1C2CN3CCN(C2)CC1(c1ccccc1)C3. The molecular weight excluding hydrogens is 384 g/mol. The Morgan fingerprint density at radius 2 is 1.71 bits per heavy atom. The lowest BCUT2D eigenvalue weighted by Gasteiger charge is -2.55. The maximum atomic E-state index is 13.2. The molecule has 1 amide bonds. The van der Waals surface area contributed by atoms with Crippen LogP contribution in [0.3, 0.4) is 0 Å². The van der Waals surface area contributed by atoms with Crippen LogP contribution in [0.2, 0.25) is 0 Å². The number of nitrogens with zero attached hydrogens (tertiary/aromatic N) is 2. The number of hydrogen-bond acceptors (Lipinski definition) is 3. The van der Waals surface area contributed by atoms with Crippen LogP contribution >= 0.6 is 0 Å². The van der Waals surface area contributed by atoms with Crippen LogP contribution in [0.4, 0.5) is 0 Å². The Labute approximate surface area is 183 Å². The molecule has 3 unspecified atom stereocenters. The Morgan fingerprint density at radius 1 is 1.00 bits per heavy atom. The molecule has 0 radical (unpaired) electrons. The fourth-order valence-corrected chi connectivity index (χ4v) is 6.40. The van der Waals surface area contributed by atoms with Gasteiger partial charge in [-0.05, 0) is 23.6 Å². The van der Waals surface area contributed by atoms with Crippen LogP contribution < -0.4 is 5.32 Å². The number of fused-ring (bicyclic) bond motifs is 2. The molecule has 5 heterocycles. The number of para-hydroxylation sites is 1. The summed E-state index contributed by atoms with van der Waals surface area (Å²) in [4.78, 5) is 21.8. The van der Waals surface area contributed by atoms with Crippen LogP contribution in [0.15, 0.2) is 60.8 Å². The minimum absolute atomic E-state index is 0.0185. The summed E-state index contributed by atoms with van der Waals surface area (Å²) in [5, 5.41) is 4.76. The first-order valence-electron chi connectivity index (χ1n) is 11.6. The molecular formula is C26H30N4O. The predicted octanol–water partition coefficient (Wildman–Crippen LogP) is 2.78. The van der Waals surface area contributed by atoms with Gasteiger partial charge < -0.3 is 20.1 Å². The van der Waals surface area contributed by atoms with E-state index >= 15 is 0 Å². The van der Waals surface area contributed by atoms with Crippen molar-refractivity contribution >= 4 is 16.8 Å². The van der Waals surface area contributed by atoms with E-state index in [4.69, 9.17) is 0 Å². The molecule has 0 aliphatic carbocycles. The second-order valence-electron chi connectivity index (χ2n) is 9.66. The molecule has 5 heteroatoms. The molecule has 3 aromatic rings. The fraction of sp³-hybridized carbons (Fsp3) is 0.423. The van der Waals surface area contributed by atoms with Gasteiger partial charge in [-0.2, -0.15) is 0 Å². The molecule has 0 spiro atoms. The van der Waals surface area contributed by atoms with Crippen molar-refractivity contribution < 1.29 is 4.79 Å². The summed E-state index contributed by atoms with van der Waals surface area (Å²) in [5.74, 6) is 0.670. The van der Waals surface area contributed by atoms with Crippen LogP contribution in [-0.4, -0.2) is 66.0 Å². The molecule has 2 aromatic carbocycles. The summed E-state index contributed by atoms with van der Waals surface area (Å²) >= 11 is 0. The third-order valence-corrected chi connectivity index (χ3v) is 7.76. The van der Waals surface area contributed by atoms with E-state index in [0.29, 0.717) is 12.3 Å². The summed E-state index contributed by atoms with van der Waals surface area (Å²) in [5.41, 5.74) is 3.72. The largest absolute Gasteiger partial charge is 0.361 e. The highest BCUT2D eigenvalue weighted by Crippen LogP contribution is 2.43. The number of piperidine rings is 2. The number of aromatic nitrogens is 1. The summed E-state index contributed by atoms with van der Waals surface area (Å²) in [6.07, 6.45) is 3.35. The molecule has 4 saturated heterocycles. The van der Waals surface area contributed by atoms with Crippen LogP contribution in [0.1, 0.15) is 17.5 Å². The zero-order chi connectivity index (χ0) is 20.8. The van der Waals surface area contributed by atoms with Gasteiger partial charge in [0.05, 0.1) is 0 Å². The van der Waals surface area contributed by atoms with Crippen molar-refractivity contribution in [3.05, 3.63) is 71.9 Å². The van der Waals surface area contributed by atoms with E-state index in [1.807, 2.05) is 6.07 Å². The van der Waals surface area contributed by atoms with Gasteiger partial charge in [-0.25, -0.2) is 0 Å².